The van der Waals surface area contributed by atoms with Crippen LogP contribution < -0.4 is 4.74 Å². The number of carboxylic acid groups (broad SMARTS) is 1. The van der Waals surface area contributed by atoms with E-state index in [1.807, 2.05) is 0 Å². The summed E-state index contributed by atoms with van der Waals surface area (Å²) >= 11 is 11.4. The summed E-state index contributed by atoms with van der Waals surface area (Å²) in [6.07, 6.45) is 1.41. The number of hydrogen-bond acceptors (Lipinski definition) is 3. The average Bonchev–Trinajstić information content (AvgIpc) is 2.34. The number of pyridine rings is 1. The van der Waals surface area contributed by atoms with Gasteiger partial charge in [-0.2, -0.15) is 0 Å². The highest BCUT2D eigenvalue weighted by Crippen LogP contribution is 2.27. The summed E-state index contributed by atoms with van der Waals surface area (Å²) in [7, 11) is 0. The zero-order valence-electron chi connectivity index (χ0n) is 8.93. The van der Waals surface area contributed by atoms with Crippen molar-refractivity contribution in [1.82, 2.24) is 4.98 Å². The third kappa shape index (κ3) is 2.91. The van der Waals surface area contributed by atoms with Crippen molar-refractivity contribution in [2.45, 2.75) is 0 Å². The van der Waals surface area contributed by atoms with Gasteiger partial charge in [-0.15, -0.1) is 0 Å². The van der Waals surface area contributed by atoms with Crippen LogP contribution in [-0.2, 0) is 0 Å². The number of nitrogens with zero attached hydrogens (tertiary/aromatic N) is 1. The third-order valence-electron chi connectivity index (χ3n) is 2.09. The zero-order chi connectivity index (χ0) is 13.1. The molecular formula is C12H7Cl2NO3. The molecule has 6 heteroatoms. The van der Waals surface area contributed by atoms with E-state index in [2.05, 4.69) is 4.98 Å². The molecular weight excluding hydrogens is 277 g/mol. The summed E-state index contributed by atoms with van der Waals surface area (Å²) in [6.45, 7) is 0. The van der Waals surface area contributed by atoms with E-state index < -0.39 is 5.97 Å². The maximum absolute atomic E-state index is 11.0. The molecule has 0 bridgehead atoms. The highest BCUT2D eigenvalue weighted by molar-refractivity contribution is 6.31. The number of halogens is 2. The smallest absolute Gasteiger partial charge is 0.339 e. The van der Waals surface area contributed by atoms with Crippen LogP contribution in [0.5, 0.6) is 11.6 Å². The summed E-state index contributed by atoms with van der Waals surface area (Å²) in [5.41, 5.74) is -0.0285. The highest BCUT2D eigenvalue weighted by atomic mass is 35.5. The molecule has 0 spiro atoms. The minimum atomic E-state index is -1.12. The molecule has 1 N–H and O–H groups in total. The lowest BCUT2D eigenvalue weighted by atomic mass is 10.2. The molecule has 1 aromatic heterocycles. The Labute approximate surface area is 113 Å². The molecule has 0 saturated carbocycles. The Kier molecular flexibility index (Phi) is 3.69. The van der Waals surface area contributed by atoms with Gasteiger partial charge in [-0.05, 0) is 24.3 Å². The van der Waals surface area contributed by atoms with Gasteiger partial charge < -0.3 is 9.84 Å². The van der Waals surface area contributed by atoms with Crippen molar-refractivity contribution in [1.29, 1.82) is 0 Å². The van der Waals surface area contributed by atoms with Gasteiger partial charge in [0.15, 0.2) is 0 Å². The summed E-state index contributed by atoms with van der Waals surface area (Å²) < 4.78 is 5.37. The summed E-state index contributed by atoms with van der Waals surface area (Å²) in [6, 6.07) is 7.47. The Bertz CT molecular complexity index is 584. The molecule has 0 atom stereocenters. The fraction of sp³-hybridized carbons (Fsp3) is 0. The summed E-state index contributed by atoms with van der Waals surface area (Å²) in [5, 5.41) is 9.82. The van der Waals surface area contributed by atoms with Gasteiger partial charge in [0.05, 0.1) is 5.02 Å². The molecule has 2 aromatic rings. The highest BCUT2D eigenvalue weighted by Gasteiger charge is 2.13. The summed E-state index contributed by atoms with van der Waals surface area (Å²) in [5.74, 6) is -0.701. The number of rotatable bonds is 3. The van der Waals surface area contributed by atoms with Crippen molar-refractivity contribution in [3.05, 3.63) is 52.1 Å². The van der Waals surface area contributed by atoms with Crippen LogP contribution in [0.15, 0.2) is 36.5 Å². The summed E-state index contributed by atoms with van der Waals surface area (Å²) in [4.78, 5) is 15.0. The number of benzene rings is 1. The molecule has 0 saturated heterocycles. The predicted octanol–water partition coefficient (Wildman–Crippen LogP) is 3.88. The van der Waals surface area contributed by atoms with Crippen molar-refractivity contribution >= 4 is 29.2 Å². The first-order chi connectivity index (χ1) is 8.56. The van der Waals surface area contributed by atoms with Gasteiger partial charge in [0.25, 0.3) is 0 Å². The van der Waals surface area contributed by atoms with Crippen molar-refractivity contribution < 1.29 is 14.6 Å². The Hall–Kier alpha value is -1.78. The number of carboxylic acids is 1. The Morgan fingerprint density at radius 2 is 1.89 bits per heavy atom. The van der Waals surface area contributed by atoms with E-state index in [-0.39, 0.29) is 17.2 Å². The second kappa shape index (κ2) is 5.25. The quantitative estimate of drug-likeness (QED) is 0.929. The normalized spacial score (nSPS) is 10.1. The third-order valence-corrected chi connectivity index (χ3v) is 2.55. The maximum atomic E-state index is 11.0. The first kappa shape index (κ1) is 12.7. The second-order valence-corrected chi connectivity index (χ2v) is 4.24. The lowest BCUT2D eigenvalue weighted by Gasteiger charge is -2.08. The molecule has 1 aromatic carbocycles. The van der Waals surface area contributed by atoms with E-state index in [0.29, 0.717) is 10.0 Å². The molecule has 0 aliphatic carbocycles. The Morgan fingerprint density at radius 1 is 1.17 bits per heavy atom. The maximum Gasteiger partial charge on any atom is 0.339 e. The lowest BCUT2D eigenvalue weighted by molar-refractivity contribution is 0.0694. The molecule has 2 rings (SSSR count). The number of aromatic nitrogens is 1. The van der Waals surface area contributed by atoms with Crippen LogP contribution in [0.2, 0.25) is 10.0 Å². The van der Waals surface area contributed by atoms with Crippen molar-refractivity contribution in [3.8, 4) is 11.6 Å². The van der Waals surface area contributed by atoms with Crippen LogP contribution in [0, 0.1) is 0 Å². The SMILES string of the molecule is O=C(O)c1cc(Cl)ccc1Oc1ccc(Cl)cn1. The van der Waals surface area contributed by atoms with E-state index in [1.54, 1.807) is 18.2 Å². The van der Waals surface area contributed by atoms with Gasteiger partial charge in [-0.25, -0.2) is 9.78 Å². The average molecular weight is 284 g/mol. The molecule has 4 nitrogen and oxygen atoms in total. The zero-order valence-corrected chi connectivity index (χ0v) is 10.4. The first-order valence-corrected chi connectivity index (χ1v) is 5.64. The fourth-order valence-electron chi connectivity index (χ4n) is 1.29. The topological polar surface area (TPSA) is 59.4 Å². The molecule has 0 amide bonds. The van der Waals surface area contributed by atoms with Gasteiger partial charge in [-0.1, -0.05) is 23.2 Å². The molecule has 18 heavy (non-hydrogen) atoms. The van der Waals surface area contributed by atoms with E-state index in [1.165, 1.54) is 18.3 Å². The van der Waals surface area contributed by atoms with E-state index in [9.17, 15) is 4.79 Å². The van der Waals surface area contributed by atoms with Crippen LogP contribution in [0.4, 0.5) is 0 Å². The van der Waals surface area contributed by atoms with Crippen molar-refractivity contribution in [2.24, 2.45) is 0 Å². The standard InChI is InChI=1S/C12H7Cl2NO3/c13-7-1-3-10(9(5-7)12(16)17)18-11-4-2-8(14)6-15-11/h1-6H,(H,16,17). The van der Waals surface area contributed by atoms with Gasteiger partial charge in [0, 0.05) is 17.3 Å². The van der Waals surface area contributed by atoms with Crippen LogP contribution in [-0.4, -0.2) is 16.1 Å². The minimum absolute atomic E-state index is 0.0285. The number of hydrogen-bond donors (Lipinski definition) is 1. The Balaban J connectivity index is 2.34. The minimum Gasteiger partial charge on any atom is -0.478 e. The van der Waals surface area contributed by atoms with E-state index in [0.717, 1.165) is 0 Å². The molecule has 0 radical (unpaired) electrons. The second-order valence-electron chi connectivity index (χ2n) is 3.36. The van der Waals surface area contributed by atoms with Gasteiger partial charge in [0.2, 0.25) is 5.88 Å². The monoisotopic (exact) mass is 283 g/mol. The number of ether oxygens (including phenoxy) is 1. The van der Waals surface area contributed by atoms with Gasteiger partial charge in [-0.3, -0.25) is 0 Å². The van der Waals surface area contributed by atoms with Crippen LogP contribution in [0.3, 0.4) is 0 Å². The van der Waals surface area contributed by atoms with Gasteiger partial charge in [0.1, 0.15) is 11.3 Å². The number of carbonyl (C=O) groups is 1. The predicted molar refractivity (Wildman–Crippen MR) is 67.7 cm³/mol. The molecule has 0 unspecified atom stereocenters. The van der Waals surface area contributed by atoms with Crippen molar-refractivity contribution in [2.75, 3.05) is 0 Å². The van der Waals surface area contributed by atoms with E-state index >= 15 is 0 Å². The van der Waals surface area contributed by atoms with E-state index in [4.69, 9.17) is 33.0 Å². The van der Waals surface area contributed by atoms with Crippen LogP contribution in [0.25, 0.3) is 0 Å². The number of aromatic carboxylic acids is 1. The lowest BCUT2D eigenvalue weighted by Crippen LogP contribution is -2.00. The first-order valence-electron chi connectivity index (χ1n) is 4.88. The largest absolute Gasteiger partial charge is 0.478 e. The van der Waals surface area contributed by atoms with Crippen molar-refractivity contribution in [3.63, 3.8) is 0 Å². The Morgan fingerprint density at radius 3 is 2.50 bits per heavy atom. The molecule has 1 heterocycles. The van der Waals surface area contributed by atoms with Crippen LogP contribution in [0.1, 0.15) is 10.4 Å². The molecule has 0 fully saturated rings. The molecule has 92 valence electrons. The van der Waals surface area contributed by atoms with Crippen LogP contribution >= 0.6 is 23.2 Å². The molecule has 0 aliphatic rings. The molecule has 0 aliphatic heterocycles. The fourth-order valence-corrected chi connectivity index (χ4v) is 1.58. The van der Waals surface area contributed by atoms with Gasteiger partial charge >= 0.3 is 5.97 Å².